The van der Waals surface area contributed by atoms with E-state index in [1.165, 1.54) is 0 Å². The van der Waals surface area contributed by atoms with Crippen molar-refractivity contribution in [1.82, 2.24) is 29.4 Å². The third-order valence-electron chi connectivity index (χ3n) is 5.79. The molecule has 0 radical (unpaired) electrons. The Bertz CT molecular complexity index is 1480. The van der Waals surface area contributed by atoms with E-state index in [0.29, 0.717) is 19.4 Å². The van der Waals surface area contributed by atoms with E-state index in [1.54, 1.807) is 0 Å². The molecule has 3 heterocycles. The van der Waals surface area contributed by atoms with Crippen LogP contribution in [0.4, 0.5) is 43.9 Å². The van der Waals surface area contributed by atoms with Crippen LogP contribution in [0.2, 0.25) is 0 Å². The fourth-order valence-corrected chi connectivity index (χ4v) is 3.68. The molecule has 0 saturated heterocycles. The van der Waals surface area contributed by atoms with Crippen molar-refractivity contribution in [2.24, 2.45) is 12.8 Å². The highest BCUT2D eigenvalue weighted by molar-refractivity contribution is 5.97. The minimum Gasteiger partial charge on any atom is -0.334 e. The van der Waals surface area contributed by atoms with Gasteiger partial charge in [0.15, 0.2) is 11.5 Å². The van der Waals surface area contributed by atoms with E-state index in [2.05, 4.69) is 15.5 Å². The molecule has 39 heavy (non-hydrogen) atoms. The Balaban J connectivity index is 1.81. The van der Waals surface area contributed by atoms with Crippen LogP contribution in [0.1, 0.15) is 40.0 Å². The number of aryl methyl sites for hydroxylation is 1. The lowest BCUT2D eigenvalue weighted by Gasteiger charge is -2.19. The third kappa shape index (κ3) is 4.79. The molecule has 3 aromatic rings. The molecular formula is C20H14F10N8O. The lowest BCUT2D eigenvalue weighted by atomic mass is 10.1. The molecule has 9 nitrogen and oxygen atoms in total. The molecule has 4 rings (SSSR count). The lowest BCUT2D eigenvalue weighted by Crippen LogP contribution is -2.37. The van der Waals surface area contributed by atoms with Crippen molar-refractivity contribution in [1.29, 1.82) is 5.26 Å². The number of rotatable bonds is 6. The highest BCUT2D eigenvalue weighted by atomic mass is 19.4. The van der Waals surface area contributed by atoms with Gasteiger partial charge in [0, 0.05) is 19.4 Å². The van der Waals surface area contributed by atoms with Crippen LogP contribution in [0.25, 0.3) is 11.5 Å². The summed E-state index contributed by atoms with van der Waals surface area (Å²) in [5.41, 5.74) is -3.51. The second-order valence-electron chi connectivity index (χ2n) is 8.65. The SMILES string of the molecule is Cn1nc(C(F)(F)C(F)(F)F)c(C(F)(F)F)c1-n1cc(-n2cc(C(=O)NC3(C#N)CC3)c(C(N)(F)F)c2)cn1. The smallest absolute Gasteiger partial charge is 0.334 e. The van der Waals surface area contributed by atoms with Crippen LogP contribution >= 0.6 is 0 Å². The summed E-state index contributed by atoms with van der Waals surface area (Å²) < 4.78 is 137. The molecule has 3 aromatic heterocycles. The summed E-state index contributed by atoms with van der Waals surface area (Å²) in [4.78, 5) is 12.6. The highest BCUT2D eigenvalue weighted by Crippen LogP contribution is 2.49. The second kappa shape index (κ2) is 8.46. The quantitative estimate of drug-likeness (QED) is 0.344. The Morgan fingerprint density at radius 2 is 1.69 bits per heavy atom. The first-order valence-electron chi connectivity index (χ1n) is 10.5. The predicted octanol–water partition coefficient (Wildman–Crippen LogP) is 3.86. The molecule has 1 saturated carbocycles. The number of nitriles is 1. The first-order valence-corrected chi connectivity index (χ1v) is 10.5. The van der Waals surface area contributed by atoms with Crippen molar-refractivity contribution >= 4 is 5.91 Å². The van der Waals surface area contributed by atoms with E-state index in [0.717, 1.165) is 17.0 Å². The number of carbonyl (C=O) groups excluding carboxylic acids is 1. The monoisotopic (exact) mass is 572 g/mol. The maximum absolute atomic E-state index is 14.1. The zero-order valence-corrected chi connectivity index (χ0v) is 19.2. The zero-order chi connectivity index (χ0) is 29.3. The van der Waals surface area contributed by atoms with Gasteiger partial charge in [0.25, 0.3) is 5.91 Å². The Hall–Kier alpha value is -4.08. The van der Waals surface area contributed by atoms with E-state index in [1.807, 2.05) is 6.07 Å². The molecule has 1 aliphatic carbocycles. The van der Waals surface area contributed by atoms with Gasteiger partial charge in [-0.1, -0.05) is 0 Å². The number of aromatic nitrogens is 5. The van der Waals surface area contributed by atoms with Crippen LogP contribution in [0, 0.1) is 11.3 Å². The van der Waals surface area contributed by atoms with Crippen LogP contribution in [0.5, 0.6) is 0 Å². The van der Waals surface area contributed by atoms with Crippen LogP contribution in [0.15, 0.2) is 24.8 Å². The maximum Gasteiger partial charge on any atom is 0.459 e. The number of amides is 1. The molecule has 210 valence electrons. The highest BCUT2D eigenvalue weighted by Gasteiger charge is 2.64. The Labute approximate surface area is 210 Å². The maximum atomic E-state index is 14.1. The largest absolute Gasteiger partial charge is 0.459 e. The average molecular weight is 572 g/mol. The van der Waals surface area contributed by atoms with Gasteiger partial charge in [0.1, 0.15) is 11.1 Å². The van der Waals surface area contributed by atoms with Crippen molar-refractivity contribution in [3.05, 3.63) is 47.2 Å². The zero-order valence-electron chi connectivity index (χ0n) is 19.2. The molecule has 1 fully saturated rings. The number of nitrogens with two attached hydrogens (primary N) is 1. The van der Waals surface area contributed by atoms with Crippen molar-refractivity contribution in [3.63, 3.8) is 0 Å². The molecule has 1 aliphatic rings. The molecule has 0 bridgehead atoms. The standard InChI is InChI=1S/C20H14F10N8O/c1-36-15(12(18(23,24)25)13(35-36)17(21,22)20(28,29)30)38-5-9(4-33-38)37-6-10(11(7-37)19(26,27)32)14(39)34-16(8-31)2-3-16/h4-7H,2-3,32H2,1H3,(H,34,39). The van der Waals surface area contributed by atoms with Gasteiger partial charge in [-0.05, 0) is 12.8 Å². The fraction of sp³-hybridized carbons (Fsp3) is 0.400. The molecule has 0 unspecified atom stereocenters. The van der Waals surface area contributed by atoms with Crippen molar-refractivity contribution in [3.8, 4) is 17.6 Å². The number of carbonyl (C=O) groups is 1. The van der Waals surface area contributed by atoms with Crippen molar-refractivity contribution < 1.29 is 48.7 Å². The molecule has 0 aliphatic heterocycles. The number of halogens is 10. The van der Waals surface area contributed by atoms with Gasteiger partial charge in [-0.2, -0.15) is 59.4 Å². The summed E-state index contributed by atoms with van der Waals surface area (Å²) in [7, 11) is 0.663. The van der Waals surface area contributed by atoms with Crippen LogP contribution in [-0.2, 0) is 25.2 Å². The number of nitrogens with zero attached hydrogens (tertiary/aromatic N) is 6. The van der Waals surface area contributed by atoms with Crippen LogP contribution in [0.3, 0.4) is 0 Å². The number of hydrogen-bond donors (Lipinski definition) is 2. The van der Waals surface area contributed by atoms with Gasteiger partial charge in [0.2, 0.25) is 0 Å². The molecular weight excluding hydrogens is 558 g/mol. The first kappa shape index (κ1) is 27.9. The molecule has 19 heteroatoms. The Kier molecular flexibility index (Phi) is 6.06. The van der Waals surface area contributed by atoms with E-state index in [-0.39, 0.29) is 27.9 Å². The molecule has 3 N–H and O–H groups in total. The predicted molar refractivity (Wildman–Crippen MR) is 108 cm³/mol. The van der Waals surface area contributed by atoms with Gasteiger partial charge >= 0.3 is 24.3 Å². The second-order valence-corrected chi connectivity index (χ2v) is 8.65. The van der Waals surface area contributed by atoms with E-state index < -0.39 is 64.0 Å². The topological polar surface area (TPSA) is 119 Å². The van der Waals surface area contributed by atoms with Gasteiger partial charge in [-0.25, -0.2) is 9.36 Å². The number of hydrogen-bond acceptors (Lipinski definition) is 5. The summed E-state index contributed by atoms with van der Waals surface area (Å²) in [5, 5.41) is 17.7. The van der Waals surface area contributed by atoms with Crippen molar-refractivity contribution in [2.75, 3.05) is 0 Å². The summed E-state index contributed by atoms with van der Waals surface area (Å²) in [6.07, 6.45) is -8.77. The molecule has 0 atom stereocenters. The number of alkyl halides is 10. The minimum atomic E-state index is -6.41. The van der Waals surface area contributed by atoms with E-state index in [4.69, 9.17) is 11.0 Å². The van der Waals surface area contributed by atoms with Gasteiger partial charge in [-0.15, -0.1) is 0 Å². The normalized spacial score (nSPS) is 15.8. The van der Waals surface area contributed by atoms with Gasteiger partial charge in [-0.3, -0.25) is 10.5 Å². The minimum absolute atomic E-state index is 0.0968. The average Bonchev–Trinajstić information content (AvgIpc) is 3.16. The van der Waals surface area contributed by atoms with E-state index >= 15 is 0 Å². The fourth-order valence-electron chi connectivity index (χ4n) is 3.68. The lowest BCUT2D eigenvalue weighted by molar-refractivity contribution is -0.292. The van der Waals surface area contributed by atoms with Gasteiger partial charge in [0.05, 0.1) is 35.3 Å². The van der Waals surface area contributed by atoms with Crippen LogP contribution in [-0.4, -0.2) is 41.8 Å². The van der Waals surface area contributed by atoms with Gasteiger partial charge < -0.3 is 9.88 Å². The first-order chi connectivity index (χ1) is 17.7. The molecule has 0 aromatic carbocycles. The Morgan fingerprint density at radius 1 is 1.08 bits per heavy atom. The van der Waals surface area contributed by atoms with Crippen molar-refractivity contribution in [2.45, 2.75) is 42.7 Å². The molecule has 1 amide bonds. The summed E-state index contributed by atoms with van der Waals surface area (Å²) >= 11 is 0. The Morgan fingerprint density at radius 3 is 2.18 bits per heavy atom. The summed E-state index contributed by atoms with van der Waals surface area (Å²) in [6.45, 7) is 0. The third-order valence-corrected chi connectivity index (χ3v) is 5.79. The molecule has 0 spiro atoms. The van der Waals surface area contributed by atoms with Crippen LogP contribution < -0.4 is 11.1 Å². The number of nitrogens with one attached hydrogen (secondary N) is 1. The summed E-state index contributed by atoms with van der Waals surface area (Å²) in [5.74, 6) is -8.44. The summed E-state index contributed by atoms with van der Waals surface area (Å²) in [6, 6.07) is -2.28. The van der Waals surface area contributed by atoms with E-state index in [9.17, 15) is 48.7 Å².